The highest BCUT2D eigenvalue weighted by molar-refractivity contribution is 5.38. The van der Waals surface area contributed by atoms with E-state index < -0.39 is 0 Å². The molecule has 0 spiro atoms. The second-order valence-corrected chi connectivity index (χ2v) is 5.87. The lowest BCUT2D eigenvalue weighted by Crippen LogP contribution is -2.36. The third-order valence-electron chi connectivity index (χ3n) is 4.10. The molecule has 0 fully saturated rings. The van der Waals surface area contributed by atoms with Gasteiger partial charge in [0.25, 0.3) is 0 Å². The maximum Gasteiger partial charge on any atom is 0.124 e. The minimum Gasteiger partial charge on any atom is -0.496 e. The van der Waals surface area contributed by atoms with Crippen LogP contribution in [0.5, 0.6) is 5.75 Å². The van der Waals surface area contributed by atoms with Gasteiger partial charge in [-0.05, 0) is 31.5 Å². The fraction of sp³-hybridized carbons (Fsp3) is 0.471. The van der Waals surface area contributed by atoms with E-state index in [1.807, 2.05) is 19.1 Å². The molecule has 1 aliphatic rings. The molecule has 2 N–H and O–H groups in total. The molecule has 1 aliphatic heterocycles. The average molecular weight is 300 g/mol. The van der Waals surface area contributed by atoms with E-state index in [1.165, 1.54) is 5.56 Å². The van der Waals surface area contributed by atoms with Gasteiger partial charge in [0.1, 0.15) is 11.6 Å². The normalized spacial score (nSPS) is 16.9. The third-order valence-corrected chi connectivity index (χ3v) is 4.10. The maximum absolute atomic E-state index is 5.38. The molecule has 0 bridgehead atoms. The summed E-state index contributed by atoms with van der Waals surface area (Å²) in [5, 5.41) is 11.5. The Morgan fingerprint density at radius 2 is 2.27 bits per heavy atom. The number of para-hydroxylation sites is 1. The molecule has 1 aromatic heterocycles. The monoisotopic (exact) mass is 300 g/mol. The Hall–Kier alpha value is -2.01. The Morgan fingerprint density at radius 1 is 1.41 bits per heavy atom. The smallest absolute Gasteiger partial charge is 0.124 e. The first kappa shape index (κ1) is 14.9. The average Bonchev–Trinajstić information content (AvgIpc) is 2.91. The molecule has 1 unspecified atom stereocenters. The lowest BCUT2D eigenvalue weighted by atomic mass is 10.1. The maximum atomic E-state index is 5.38. The van der Waals surface area contributed by atoms with E-state index in [2.05, 4.69) is 38.6 Å². The van der Waals surface area contributed by atoms with Crippen molar-refractivity contribution in [3.8, 4) is 5.75 Å². The van der Waals surface area contributed by atoms with Crippen LogP contribution >= 0.6 is 0 Å². The Balaban J connectivity index is 1.44. The summed E-state index contributed by atoms with van der Waals surface area (Å²) in [5.41, 5.74) is 2.33. The van der Waals surface area contributed by atoms with Gasteiger partial charge in [0, 0.05) is 31.6 Å². The summed E-state index contributed by atoms with van der Waals surface area (Å²) in [6, 6.07) is 10.3. The number of fused-ring (bicyclic) bond motifs is 1. The molecule has 1 aromatic carbocycles. The molecule has 118 valence electrons. The van der Waals surface area contributed by atoms with Gasteiger partial charge in [-0.1, -0.05) is 18.2 Å². The highest BCUT2D eigenvalue weighted by Gasteiger charge is 2.18. The number of methoxy groups -OCH3 is 1. The number of nitrogens with zero attached hydrogens (tertiary/aromatic N) is 2. The van der Waals surface area contributed by atoms with Crippen molar-refractivity contribution < 1.29 is 4.74 Å². The summed E-state index contributed by atoms with van der Waals surface area (Å²) in [6.07, 6.45) is 0.982. The summed E-state index contributed by atoms with van der Waals surface area (Å²) in [5.74, 6) is 2.69. The van der Waals surface area contributed by atoms with Crippen LogP contribution in [0.1, 0.15) is 11.3 Å². The number of aryl methyl sites for hydroxylation is 1. The molecule has 1 atom stereocenters. The van der Waals surface area contributed by atoms with Crippen molar-refractivity contribution in [2.24, 2.45) is 5.92 Å². The molecule has 0 aliphatic carbocycles. The van der Waals surface area contributed by atoms with E-state index in [9.17, 15) is 0 Å². The minimum atomic E-state index is 0.574. The van der Waals surface area contributed by atoms with Crippen molar-refractivity contribution in [1.29, 1.82) is 0 Å². The minimum absolute atomic E-state index is 0.574. The molecule has 3 rings (SSSR count). The van der Waals surface area contributed by atoms with Crippen LogP contribution in [0.2, 0.25) is 0 Å². The molecular weight excluding hydrogens is 276 g/mol. The predicted octanol–water partition coefficient (Wildman–Crippen LogP) is 2.07. The topological polar surface area (TPSA) is 51.1 Å². The van der Waals surface area contributed by atoms with Crippen LogP contribution in [0, 0.1) is 12.8 Å². The Bertz CT molecular complexity index is 623. The summed E-state index contributed by atoms with van der Waals surface area (Å²) in [6.45, 7) is 5.99. The zero-order chi connectivity index (χ0) is 15.4. The zero-order valence-electron chi connectivity index (χ0n) is 13.3. The number of nitrogens with one attached hydrogen (secondary N) is 2. The first-order valence-electron chi connectivity index (χ1n) is 7.87. The van der Waals surface area contributed by atoms with Crippen LogP contribution in [-0.4, -0.2) is 36.5 Å². The second kappa shape index (κ2) is 6.83. The van der Waals surface area contributed by atoms with Crippen LogP contribution < -0.4 is 15.4 Å². The number of ether oxygens (including phenoxy) is 1. The number of hydrogen-bond donors (Lipinski definition) is 2. The quantitative estimate of drug-likeness (QED) is 0.802. The summed E-state index contributed by atoms with van der Waals surface area (Å²) < 4.78 is 7.46. The van der Waals surface area contributed by atoms with Crippen molar-refractivity contribution in [3.63, 3.8) is 0 Å². The Morgan fingerprint density at radius 3 is 3.14 bits per heavy atom. The van der Waals surface area contributed by atoms with Crippen LogP contribution in [-0.2, 0) is 13.0 Å². The van der Waals surface area contributed by atoms with E-state index in [0.29, 0.717) is 5.92 Å². The molecule has 5 heteroatoms. The molecule has 2 heterocycles. The largest absolute Gasteiger partial charge is 0.496 e. The van der Waals surface area contributed by atoms with Gasteiger partial charge < -0.3 is 15.4 Å². The van der Waals surface area contributed by atoms with E-state index >= 15 is 0 Å². The number of hydrogen-bond acceptors (Lipinski definition) is 4. The molecule has 0 saturated heterocycles. The summed E-state index contributed by atoms with van der Waals surface area (Å²) in [4.78, 5) is 0. The Labute approximate surface area is 131 Å². The molecule has 5 nitrogen and oxygen atoms in total. The van der Waals surface area contributed by atoms with E-state index in [4.69, 9.17) is 4.74 Å². The number of aromatic nitrogens is 2. The van der Waals surface area contributed by atoms with Gasteiger partial charge in [0.2, 0.25) is 0 Å². The SMILES string of the molecule is COc1ccccc1CCNCC1CNc2cc(C)nn2C1. The van der Waals surface area contributed by atoms with Gasteiger partial charge in [-0.15, -0.1) is 0 Å². The zero-order valence-corrected chi connectivity index (χ0v) is 13.3. The number of benzene rings is 1. The van der Waals surface area contributed by atoms with Crippen LogP contribution in [0.3, 0.4) is 0 Å². The Kier molecular flexibility index (Phi) is 4.63. The van der Waals surface area contributed by atoms with E-state index in [1.54, 1.807) is 7.11 Å². The predicted molar refractivity (Wildman–Crippen MR) is 88.5 cm³/mol. The molecule has 0 amide bonds. The summed E-state index contributed by atoms with van der Waals surface area (Å²) >= 11 is 0. The van der Waals surface area contributed by atoms with Gasteiger partial charge in [-0.3, -0.25) is 0 Å². The first-order valence-corrected chi connectivity index (χ1v) is 7.87. The molecular formula is C17H24N4O. The van der Waals surface area contributed by atoms with Gasteiger partial charge >= 0.3 is 0 Å². The van der Waals surface area contributed by atoms with Gasteiger partial charge in [0.15, 0.2) is 0 Å². The number of rotatable bonds is 6. The van der Waals surface area contributed by atoms with Crippen molar-refractivity contribution in [1.82, 2.24) is 15.1 Å². The fourth-order valence-corrected chi connectivity index (χ4v) is 2.96. The summed E-state index contributed by atoms with van der Waals surface area (Å²) in [7, 11) is 1.73. The molecule has 22 heavy (non-hydrogen) atoms. The van der Waals surface area contributed by atoms with Gasteiger partial charge in [-0.2, -0.15) is 5.10 Å². The van der Waals surface area contributed by atoms with Crippen LogP contribution in [0.25, 0.3) is 0 Å². The highest BCUT2D eigenvalue weighted by atomic mass is 16.5. The van der Waals surface area contributed by atoms with E-state index in [-0.39, 0.29) is 0 Å². The number of anilines is 1. The van der Waals surface area contributed by atoms with Crippen LogP contribution in [0.4, 0.5) is 5.82 Å². The van der Waals surface area contributed by atoms with Gasteiger partial charge in [0.05, 0.1) is 12.8 Å². The van der Waals surface area contributed by atoms with Crippen molar-refractivity contribution >= 4 is 5.82 Å². The van der Waals surface area contributed by atoms with Crippen LogP contribution in [0.15, 0.2) is 30.3 Å². The molecule has 0 radical (unpaired) electrons. The lowest BCUT2D eigenvalue weighted by molar-refractivity contribution is 0.389. The highest BCUT2D eigenvalue weighted by Crippen LogP contribution is 2.19. The molecule has 2 aromatic rings. The van der Waals surface area contributed by atoms with Crippen molar-refractivity contribution in [2.75, 3.05) is 32.1 Å². The van der Waals surface area contributed by atoms with E-state index in [0.717, 1.165) is 49.9 Å². The van der Waals surface area contributed by atoms with Crippen molar-refractivity contribution in [3.05, 3.63) is 41.6 Å². The third kappa shape index (κ3) is 3.42. The first-order chi connectivity index (χ1) is 10.8. The standard InChI is InChI=1S/C17H24N4O/c1-13-9-17-19-11-14(12-21(17)20-13)10-18-8-7-15-5-3-4-6-16(15)22-2/h3-6,9,14,18-19H,7-8,10-12H2,1-2H3. The lowest BCUT2D eigenvalue weighted by Gasteiger charge is -2.25. The second-order valence-electron chi connectivity index (χ2n) is 5.87. The fourth-order valence-electron chi connectivity index (χ4n) is 2.96. The molecule has 0 saturated carbocycles. The van der Waals surface area contributed by atoms with Gasteiger partial charge in [-0.25, -0.2) is 4.68 Å². The van der Waals surface area contributed by atoms with Crippen molar-refractivity contribution in [2.45, 2.75) is 19.9 Å².